The minimum Gasteiger partial charge on any atom is -0.308 e. The first-order chi connectivity index (χ1) is 17.1. The van der Waals surface area contributed by atoms with Gasteiger partial charge in [0.25, 0.3) is 0 Å². The van der Waals surface area contributed by atoms with Gasteiger partial charge in [0, 0.05) is 18.5 Å². The molecular weight excluding hydrogens is 460 g/mol. The molecule has 0 fully saturated rings. The van der Waals surface area contributed by atoms with Crippen molar-refractivity contribution in [1.82, 2.24) is 9.80 Å². The van der Waals surface area contributed by atoms with Crippen LogP contribution in [-0.2, 0) is 0 Å². The van der Waals surface area contributed by atoms with E-state index in [9.17, 15) is 8.78 Å². The highest BCUT2D eigenvalue weighted by molar-refractivity contribution is 8.16. The summed E-state index contributed by atoms with van der Waals surface area (Å²) in [7, 11) is 2.09. The second-order valence-corrected chi connectivity index (χ2v) is 9.81. The average molecular weight is 484 g/mol. The summed E-state index contributed by atoms with van der Waals surface area (Å²) in [5, 5.41) is 3.06. The minimum absolute atomic E-state index is 0.112. The van der Waals surface area contributed by atoms with Crippen LogP contribution in [0.15, 0.2) is 106 Å². The first-order valence-electron chi connectivity index (χ1n) is 11.5. The van der Waals surface area contributed by atoms with Crippen LogP contribution in [-0.4, -0.2) is 35.1 Å². The Labute approximate surface area is 207 Å². The zero-order valence-corrected chi connectivity index (χ0v) is 20.0. The number of likely N-dealkylation sites (N-methyl/N-ethyl adjacent to an activating group) is 1. The Bertz CT molecular complexity index is 1390. The molecule has 1 unspecified atom stereocenters. The molecule has 6 rings (SSSR count). The number of benzene rings is 3. The fraction of sp³-hybridized carbons (Fsp3) is 0.138. The van der Waals surface area contributed by atoms with E-state index >= 15 is 0 Å². The maximum absolute atomic E-state index is 13.9. The Morgan fingerprint density at radius 2 is 1.57 bits per heavy atom. The highest BCUT2D eigenvalue weighted by Gasteiger charge is 2.41. The molecular formula is C29H23F2N3S. The van der Waals surface area contributed by atoms with E-state index in [1.54, 1.807) is 23.9 Å². The monoisotopic (exact) mass is 483 g/mol. The Kier molecular flexibility index (Phi) is 5.63. The van der Waals surface area contributed by atoms with E-state index in [1.807, 2.05) is 30.3 Å². The van der Waals surface area contributed by atoms with Gasteiger partial charge in [0.05, 0.1) is 17.4 Å². The number of amidine groups is 1. The van der Waals surface area contributed by atoms with Gasteiger partial charge < -0.3 is 4.90 Å². The molecule has 3 aliphatic rings. The van der Waals surface area contributed by atoms with Crippen LogP contribution >= 0.6 is 11.8 Å². The zero-order chi connectivity index (χ0) is 23.9. The van der Waals surface area contributed by atoms with Crippen molar-refractivity contribution in [1.29, 1.82) is 0 Å². The van der Waals surface area contributed by atoms with E-state index in [4.69, 9.17) is 4.99 Å². The third-order valence-corrected chi connectivity index (χ3v) is 7.33. The first-order valence-corrected chi connectivity index (χ1v) is 12.4. The van der Waals surface area contributed by atoms with Crippen molar-refractivity contribution in [3.8, 4) is 0 Å². The predicted molar refractivity (Wildman–Crippen MR) is 139 cm³/mol. The molecule has 3 aliphatic heterocycles. The van der Waals surface area contributed by atoms with E-state index in [1.165, 1.54) is 29.8 Å². The van der Waals surface area contributed by atoms with E-state index in [2.05, 4.69) is 40.5 Å². The standard InChI is InChI=1S/C29H23F2N3S/c1-33-16-22(15-19-7-11-23(30)12-8-19)27-25(17-33)28(21-9-13-24(31)14-10-21)34-26(18-35-29(34)32-27)20-5-3-2-4-6-20/h2-15,18,28H,16-17H2,1H3/b22-15+. The summed E-state index contributed by atoms with van der Waals surface area (Å²) in [4.78, 5) is 9.70. The molecule has 3 aromatic rings. The van der Waals surface area contributed by atoms with Crippen molar-refractivity contribution in [3.05, 3.63) is 129 Å². The van der Waals surface area contributed by atoms with E-state index < -0.39 is 0 Å². The lowest BCUT2D eigenvalue weighted by atomic mass is 9.88. The molecule has 3 aromatic carbocycles. The second-order valence-electron chi connectivity index (χ2n) is 8.97. The second kappa shape index (κ2) is 8.95. The fourth-order valence-electron chi connectivity index (χ4n) is 4.94. The smallest absolute Gasteiger partial charge is 0.174 e. The van der Waals surface area contributed by atoms with Gasteiger partial charge in [0.1, 0.15) is 11.6 Å². The summed E-state index contributed by atoms with van der Waals surface area (Å²) in [6.07, 6.45) is 2.09. The maximum atomic E-state index is 13.9. The molecule has 0 saturated carbocycles. The molecule has 0 bridgehead atoms. The van der Waals surface area contributed by atoms with Gasteiger partial charge in [-0.15, -0.1) is 0 Å². The topological polar surface area (TPSA) is 18.8 Å². The molecule has 0 saturated heterocycles. The minimum atomic E-state index is -0.250. The number of rotatable bonds is 3. The highest BCUT2D eigenvalue weighted by atomic mass is 32.2. The molecule has 174 valence electrons. The van der Waals surface area contributed by atoms with Crippen molar-refractivity contribution >= 4 is 28.7 Å². The molecule has 35 heavy (non-hydrogen) atoms. The summed E-state index contributed by atoms with van der Waals surface area (Å²) >= 11 is 1.61. The third kappa shape index (κ3) is 4.13. The molecule has 6 heteroatoms. The van der Waals surface area contributed by atoms with Crippen molar-refractivity contribution in [2.24, 2.45) is 4.99 Å². The number of halogens is 2. The van der Waals surface area contributed by atoms with Crippen LogP contribution in [0.4, 0.5) is 8.78 Å². The lowest BCUT2D eigenvalue weighted by Crippen LogP contribution is -2.40. The molecule has 3 heterocycles. The summed E-state index contributed by atoms with van der Waals surface area (Å²) in [5.41, 5.74) is 7.40. The normalized spacial score (nSPS) is 21.1. The van der Waals surface area contributed by atoms with Crippen LogP contribution in [0, 0.1) is 11.6 Å². The van der Waals surface area contributed by atoms with Crippen molar-refractivity contribution in [3.63, 3.8) is 0 Å². The van der Waals surface area contributed by atoms with Gasteiger partial charge in [-0.3, -0.25) is 4.90 Å². The van der Waals surface area contributed by atoms with Crippen LogP contribution in [0.3, 0.4) is 0 Å². The number of hydrogen-bond acceptors (Lipinski definition) is 4. The molecule has 0 radical (unpaired) electrons. The van der Waals surface area contributed by atoms with Gasteiger partial charge in [0.2, 0.25) is 0 Å². The van der Waals surface area contributed by atoms with E-state index in [0.29, 0.717) is 0 Å². The largest absolute Gasteiger partial charge is 0.308 e. The number of nitrogens with zero attached hydrogens (tertiary/aromatic N) is 3. The summed E-state index contributed by atoms with van der Waals surface area (Å²) < 4.78 is 27.4. The maximum Gasteiger partial charge on any atom is 0.174 e. The molecule has 0 N–H and O–H groups in total. The number of hydrogen-bond donors (Lipinski definition) is 0. The van der Waals surface area contributed by atoms with Crippen molar-refractivity contribution in [2.75, 3.05) is 20.1 Å². The van der Waals surface area contributed by atoms with Gasteiger partial charge >= 0.3 is 0 Å². The Hall–Kier alpha value is -3.48. The van der Waals surface area contributed by atoms with E-state index in [-0.39, 0.29) is 17.7 Å². The Morgan fingerprint density at radius 3 is 2.29 bits per heavy atom. The zero-order valence-electron chi connectivity index (χ0n) is 19.2. The summed E-state index contributed by atoms with van der Waals surface area (Å²) in [6.45, 7) is 1.49. The van der Waals surface area contributed by atoms with Crippen LogP contribution in [0.2, 0.25) is 0 Å². The van der Waals surface area contributed by atoms with Gasteiger partial charge in [-0.2, -0.15) is 0 Å². The van der Waals surface area contributed by atoms with Crippen LogP contribution in [0.25, 0.3) is 11.8 Å². The Morgan fingerprint density at radius 1 is 0.886 bits per heavy atom. The van der Waals surface area contributed by atoms with Crippen LogP contribution in [0.1, 0.15) is 22.7 Å². The van der Waals surface area contributed by atoms with Crippen molar-refractivity contribution < 1.29 is 8.78 Å². The molecule has 0 aromatic heterocycles. The summed E-state index contributed by atoms with van der Waals surface area (Å²) in [5.74, 6) is -0.500. The quantitative estimate of drug-likeness (QED) is 0.413. The van der Waals surface area contributed by atoms with Crippen LogP contribution < -0.4 is 0 Å². The number of aliphatic imine (C=N–C) groups is 1. The number of thioether (sulfide) groups is 1. The Balaban J connectivity index is 1.51. The molecule has 1 atom stereocenters. The third-order valence-electron chi connectivity index (χ3n) is 6.49. The highest BCUT2D eigenvalue weighted by Crippen LogP contribution is 2.49. The van der Waals surface area contributed by atoms with Crippen LogP contribution in [0.5, 0.6) is 0 Å². The fourth-order valence-corrected chi connectivity index (χ4v) is 5.87. The van der Waals surface area contributed by atoms with Gasteiger partial charge in [-0.1, -0.05) is 66.4 Å². The molecule has 3 nitrogen and oxygen atoms in total. The number of fused-ring (bicyclic) bond motifs is 1. The van der Waals surface area contributed by atoms with Gasteiger partial charge in [0.15, 0.2) is 5.17 Å². The lowest BCUT2D eigenvalue weighted by Gasteiger charge is -2.42. The van der Waals surface area contributed by atoms with Gasteiger partial charge in [-0.05, 0) is 65.2 Å². The van der Waals surface area contributed by atoms with E-state index in [0.717, 1.165) is 51.9 Å². The average Bonchev–Trinajstić information content (AvgIpc) is 3.29. The predicted octanol–water partition coefficient (Wildman–Crippen LogP) is 6.71. The summed E-state index contributed by atoms with van der Waals surface area (Å²) in [6, 6.07) is 23.5. The SMILES string of the molecule is CN1CC2=C(N=C3SC=C(c4ccccc4)N3C2c2ccc(F)cc2)/C(=C/c2ccc(F)cc2)C1. The van der Waals surface area contributed by atoms with Gasteiger partial charge in [-0.25, -0.2) is 13.8 Å². The van der Waals surface area contributed by atoms with Crippen molar-refractivity contribution in [2.45, 2.75) is 6.04 Å². The molecule has 0 amide bonds. The first kappa shape index (κ1) is 22.0. The molecule has 0 aliphatic carbocycles. The lowest BCUT2D eigenvalue weighted by molar-refractivity contribution is 0.344. The molecule has 0 spiro atoms.